The quantitative estimate of drug-likeness (QED) is 0.734. The number of rotatable bonds is 5. The summed E-state index contributed by atoms with van der Waals surface area (Å²) in [6, 6.07) is 1.80. The fourth-order valence-electron chi connectivity index (χ4n) is 4.56. The van der Waals surface area contributed by atoms with E-state index >= 15 is 0 Å². The van der Waals surface area contributed by atoms with Crippen molar-refractivity contribution in [2.24, 2.45) is 11.8 Å². The van der Waals surface area contributed by atoms with Crippen LogP contribution in [0.3, 0.4) is 0 Å². The number of β-amino-alcohol motifs (C(OH)–C–C–N with tert-alkyl or cyclic N) is 1. The molecule has 8 heteroatoms. The number of likely N-dealkylation sites (tertiary alicyclic amines) is 1. The molecule has 1 aromatic rings. The van der Waals surface area contributed by atoms with Crippen LogP contribution in [0.15, 0.2) is 18.5 Å². The Morgan fingerprint density at radius 2 is 1.56 bits per heavy atom. The monoisotopic (exact) mass is 373 g/mol. The molecule has 2 aliphatic heterocycles. The van der Waals surface area contributed by atoms with Gasteiger partial charge < -0.3 is 10.0 Å². The van der Waals surface area contributed by atoms with Crippen LogP contribution in [0.2, 0.25) is 0 Å². The summed E-state index contributed by atoms with van der Waals surface area (Å²) in [6.45, 7) is 3.76. The topological polar surface area (TPSA) is 89.9 Å². The third-order valence-electron chi connectivity index (χ3n) is 6.00. The molecule has 1 N–H and O–H groups in total. The number of aromatic nitrogens is 2. The maximum Gasteiger partial charge on any atom is 0.233 e. The number of aliphatic hydroxyl groups is 1. The molecule has 0 bridgehead atoms. The summed E-state index contributed by atoms with van der Waals surface area (Å²) in [6.07, 6.45) is 6.42. The molecule has 3 unspecified atom stereocenters. The molecule has 0 aromatic carbocycles. The lowest BCUT2D eigenvalue weighted by Gasteiger charge is -2.35. The van der Waals surface area contributed by atoms with Crippen LogP contribution in [0.25, 0.3) is 0 Å². The van der Waals surface area contributed by atoms with Crippen molar-refractivity contribution in [2.75, 3.05) is 44.2 Å². The van der Waals surface area contributed by atoms with E-state index in [9.17, 15) is 14.7 Å². The van der Waals surface area contributed by atoms with Crippen LogP contribution in [0, 0.1) is 11.8 Å². The first-order chi connectivity index (χ1) is 13.1. The molecule has 3 atom stereocenters. The van der Waals surface area contributed by atoms with Gasteiger partial charge in [0.05, 0.1) is 24.5 Å². The molecule has 2 amide bonds. The number of fused-ring (bicyclic) bond motifs is 1. The van der Waals surface area contributed by atoms with Crippen molar-refractivity contribution in [2.45, 2.75) is 31.8 Å². The van der Waals surface area contributed by atoms with Gasteiger partial charge in [-0.3, -0.25) is 19.4 Å². The number of hydrogen-bond donors (Lipinski definition) is 1. The van der Waals surface area contributed by atoms with E-state index in [2.05, 4.69) is 19.8 Å². The van der Waals surface area contributed by atoms with Gasteiger partial charge in [0, 0.05) is 45.1 Å². The van der Waals surface area contributed by atoms with Crippen LogP contribution >= 0.6 is 0 Å². The Hall–Kier alpha value is -2.06. The fraction of sp³-hybridized carbons (Fsp3) is 0.684. The van der Waals surface area contributed by atoms with Crippen LogP contribution in [0.1, 0.15) is 25.7 Å². The summed E-state index contributed by atoms with van der Waals surface area (Å²) >= 11 is 0. The first-order valence-electron chi connectivity index (χ1n) is 9.91. The predicted octanol–water partition coefficient (Wildman–Crippen LogP) is 0.135. The average Bonchev–Trinajstić information content (AvgIpc) is 2.94. The zero-order valence-electron chi connectivity index (χ0n) is 15.5. The highest BCUT2D eigenvalue weighted by Gasteiger charge is 2.48. The second-order valence-corrected chi connectivity index (χ2v) is 7.77. The third kappa shape index (κ3) is 3.82. The number of aliphatic hydroxyl groups excluding tert-OH is 1. The van der Waals surface area contributed by atoms with Crippen LogP contribution in [-0.2, 0) is 9.59 Å². The molecular weight excluding hydrogens is 346 g/mol. The van der Waals surface area contributed by atoms with Crippen molar-refractivity contribution in [3.63, 3.8) is 0 Å². The smallest absolute Gasteiger partial charge is 0.233 e. The maximum atomic E-state index is 12.5. The number of imide groups is 1. The van der Waals surface area contributed by atoms with Gasteiger partial charge in [0.15, 0.2) is 0 Å². The predicted molar refractivity (Wildman–Crippen MR) is 98.9 cm³/mol. The summed E-state index contributed by atoms with van der Waals surface area (Å²) in [4.78, 5) is 39.2. The Morgan fingerprint density at radius 1 is 0.963 bits per heavy atom. The molecule has 4 rings (SSSR count). The third-order valence-corrected chi connectivity index (χ3v) is 6.00. The molecule has 3 aliphatic rings. The largest absolute Gasteiger partial charge is 0.390 e. The van der Waals surface area contributed by atoms with E-state index in [0.717, 1.165) is 57.8 Å². The fourth-order valence-corrected chi connectivity index (χ4v) is 4.56. The van der Waals surface area contributed by atoms with E-state index in [4.69, 9.17) is 0 Å². The van der Waals surface area contributed by atoms with Crippen molar-refractivity contribution in [1.29, 1.82) is 0 Å². The Labute approximate surface area is 159 Å². The minimum absolute atomic E-state index is 0.0743. The van der Waals surface area contributed by atoms with E-state index in [1.807, 2.05) is 0 Å². The Kier molecular flexibility index (Phi) is 5.36. The zero-order chi connectivity index (χ0) is 18.8. The lowest BCUT2D eigenvalue weighted by Crippen LogP contribution is -2.51. The molecule has 1 saturated carbocycles. The highest BCUT2D eigenvalue weighted by molar-refractivity contribution is 6.05. The summed E-state index contributed by atoms with van der Waals surface area (Å²) in [5, 5.41) is 10.5. The van der Waals surface area contributed by atoms with Crippen molar-refractivity contribution in [3.8, 4) is 0 Å². The molecule has 3 fully saturated rings. The number of carbonyl (C=O) groups is 2. The van der Waals surface area contributed by atoms with Crippen LogP contribution < -0.4 is 4.90 Å². The molecule has 1 aromatic heterocycles. The van der Waals surface area contributed by atoms with Crippen molar-refractivity contribution >= 4 is 17.8 Å². The minimum Gasteiger partial charge on any atom is -0.390 e. The van der Waals surface area contributed by atoms with Crippen molar-refractivity contribution in [3.05, 3.63) is 18.5 Å². The van der Waals surface area contributed by atoms with E-state index < -0.39 is 6.10 Å². The summed E-state index contributed by atoms with van der Waals surface area (Å²) in [7, 11) is 0. The van der Waals surface area contributed by atoms with E-state index in [-0.39, 0.29) is 30.2 Å². The van der Waals surface area contributed by atoms with Gasteiger partial charge >= 0.3 is 0 Å². The molecule has 1 aliphatic carbocycles. The van der Waals surface area contributed by atoms with Gasteiger partial charge in [-0.1, -0.05) is 12.8 Å². The van der Waals surface area contributed by atoms with E-state index in [1.165, 1.54) is 4.90 Å². The number of anilines is 1. The van der Waals surface area contributed by atoms with Crippen molar-refractivity contribution < 1.29 is 14.7 Å². The standard InChI is InChI=1S/C19H27N5O3/c25-14(13-24-17(26)15-4-1-2-5-16(15)18(24)27)12-22-8-10-23(11-9-22)19-20-6-3-7-21-19/h3,6-7,14-16,25H,1-2,4-5,8-13H2. The van der Waals surface area contributed by atoms with Gasteiger partial charge in [-0.05, 0) is 18.9 Å². The second-order valence-electron chi connectivity index (χ2n) is 7.77. The Bertz CT molecular complexity index is 653. The van der Waals surface area contributed by atoms with Gasteiger partial charge in [-0.2, -0.15) is 0 Å². The highest BCUT2D eigenvalue weighted by atomic mass is 16.3. The van der Waals surface area contributed by atoms with Gasteiger partial charge in [0.25, 0.3) is 0 Å². The SMILES string of the molecule is O=C1C2CCCCC2C(=O)N1CC(O)CN1CCN(c2ncccn2)CC1. The Morgan fingerprint density at radius 3 is 2.15 bits per heavy atom. The van der Waals surface area contributed by atoms with Crippen LogP contribution in [0.4, 0.5) is 5.95 Å². The van der Waals surface area contributed by atoms with Crippen LogP contribution in [0.5, 0.6) is 0 Å². The summed E-state index contributed by atoms with van der Waals surface area (Å²) in [5.41, 5.74) is 0. The number of amides is 2. The molecule has 3 heterocycles. The molecule has 0 spiro atoms. The zero-order valence-corrected chi connectivity index (χ0v) is 15.5. The molecule has 146 valence electrons. The number of nitrogens with zero attached hydrogens (tertiary/aromatic N) is 5. The average molecular weight is 373 g/mol. The van der Waals surface area contributed by atoms with E-state index in [1.54, 1.807) is 18.5 Å². The van der Waals surface area contributed by atoms with Gasteiger partial charge in [-0.25, -0.2) is 9.97 Å². The van der Waals surface area contributed by atoms with Gasteiger partial charge in [0.2, 0.25) is 17.8 Å². The summed E-state index contributed by atoms with van der Waals surface area (Å²) in [5.74, 6) is 0.291. The molecule has 27 heavy (non-hydrogen) atoms. The van der Waals surface area contributed by atoms with Gasteiger partial charge in [0.1, 0.15) is 0 Å². The minimum atomic E-state index is -0.711. The number of carbonyl (C=O) groups excluding carboxylic acids is 2. The highest BCUT2D eigenvalue weighted by Crippen LogP contribution is 2.38. The normalized spacial score (nSPS) is 27.7. The van der Waals surface area contributed by atoms with Crippen LogP contribution in [-0.4, -0.2) is 82.1 Å². The molecule has 8 nitrogen and oxygen atoms in total. The van der Waals surface area contributed by atoms with Gasteiger partial charge in [-0.15, -0.1) is 0 Å². The summed E-state index contributed by atoms with van der Waals surface area (Å²) < 4.78 is 0. The maximum absolute atomic E-state index is 12.5. The van der Waals surface area contributed by atoms with E-state index in [0.29, 0.717) is 6.54 Å². The first kappa shape index (κ1) is 18.3. The number of piperazine rings is 1. The lowest BCUT2D eigenvalue weighted by atomic mass is 9.81. The lowest BCUT2D eigenvalue weighted by molar-refractivity contribution is -0.141. The molecule has 0 radical (unpaired) electrons. The Balaban J connectivity index is 1.27. The number of hydrogen-bond acceptors (Lipinski definition) is 7. The molecule has 2 saturated heterocycles. The molecular formula is C19H27N5O3. The first-order valence-corrected chi connectivity index (χ1v) is 9.91. The van der Waals surface area contributed by atoms with Crippen molar-refractivity contribution in [1.82, 2.24) is 19.8 Å². The second kappa shape index (κ2) is 7.90.